The molecule has 0 aliphatic rings. The molecule has 7 heteroatoms. The summed E-state index contributed by atoms with van der Waals surface area (Å²) < 4.78 is 6.98. The molecule has 1 N–H and O–H groups in total. The van der Waals surface area contributed by atoms with Crippen LogP contribution in [0.1, 0.15) is 18.9 Å². The summed E-state index contributed by atoms with van der Waals surface area (Å²) in [4.78, 5) is 12.5. The number of aromatic nitrogens is 2. The monoisotopic (exact) mass is 434 g/mol. The molecular formula is C24H23ClN4O2. The van der Waals surface area contributed by atoms with Crippen LogP contribution in [0, 0.1) is 11.3 Å². The van der Waals surface area contributed by atoms with Gasteiger partial charge in [-0.15, -0.1) is 0 Å². The second-order valence-corrected chi connectivity index (χ2v) is 7.14. The summed E-state index contributed by atoms with van der Waals surface area (Å²) in [6.07, 6.45) is 4.03. The summed E-state index contributed by atoms with van der Waals surface area (Å²) >= 11 is 6.17. The summed E-state index contributed by atoms with van der Waals surface area (Å²) in [5, 5.41) is 17.6. The minimum absolute atomic E-state index is 0.00676. The fourth-order valence-corrected chi connectivity index (χ4v) is 3.18. The minimum Gasteiger partial charge on any atom is -0.382 e. The van der Waals surface area contributed by atoms with Crippen molar-refractivity contribution in [1.82, 2.24) is 15.1 Å². The van der Waals surface area contributed by atoms with Crippen LogP contribution in [0.25, 0.3) is 23.0 Å². The molecule has 1 aromatic heterocycles. The number of amides is 1. The number of nitrogens with zero attached hydrogens (tertiary/aromatic N) is 3. The Balaban J connectivity index is 1.93. The number of halogens is 1. The van der Waals surface area contributed by atoms with Gasteiger partial charge in [0, 0.05) is 42.1 Å². The average molecular weight is 435 g/mol. The number of ether oxygens (including phenoxy) is 1. The Kier molecular flexibility index (Phi) is 7.99. The number of hydrogen-bond acceptors (Lipinski definition) is 4. The Morgan fingerprint density at radius 1 is 1.26 bits per heavy atom. The molecule has 0 radical (unpaired) electrons. The molecule has 0 spiro atoms. The summed E-state index contributed by atoms with van der Waals surface area (Å²) in [7, 11) is 0. The molecule has 0 bridgehead atoms. The van der Waals surface area contributed by atoms with E-state index < -0.39 is 5.91 Å². The zero-order chi connectivity index (χ0) is 22.1. The van der Waals surface area contributed by atoms with Gasteiger partial charge < -0.3 is 10.1 Å². The molecule has 0 aliphatic carbocycles. The van der Waals surface area contributed by atoms with Gasteiger partial charge in [0.2, 0.25) is 0 Å². The zero-order valence-electron chi connectivity index (χ0n) is 17.2. The van der Waals surface area contributed by atoms with E-state index in [2.05, 4.69) is 5.32 Å². The van der Waals surface area contributed by atoms with Crippen LogP contribution in [0.4, 0.5) is 0 Å². The molecule has 0 saturated carbocycles. The summed E-state index contributed by atoms with van der Waals surface area (Å²) in [5.74, 6) is -0.427. The highest BCUT2D eigenvalue weighted by molar-refractivity contribution is 6.30. The molecule has 2 aromatic carbocycles. The number of hydrogen-bond donors (Lipinski definition) is 1. The van der Waals surface area contributed by atoms with Crippen LogP contribution in [0.5, 0.6) is 0 Å². The molecule has 6 nitrogen and oxygen atoms in total. The van der Waals surface area contributed by atoms with Crippen molar-refractivity contribution in [3.63, 3.8) is 0 Å². The second-order valence-electron chi connectivity index (χ2n) is 6.70. The third-order valence-electron chi connectivity index (χ3n) is 4.48. The fourth-order valence-electron chi connectivity index (χ4n) is 2.99. The van der Waals surface area contributed by atoms with Gasteiger partial charge in [0.15, 0.2) is 0 Å². The summed E-state index contributed by atoms with van der Waals surface area (Å²) in [5.41, 5.74) is 2.94. The van der Waals surface area contributed by atoms with E-state index in [0.717, 1.165) is 11.3 Å². The molecule has 3 aromatic rings. The third-order valence-corrected chi connectivity index (χ3v) is 4.72. The first-order valence-corrected chi connectivity index (χ1v) is 10.4. The zero-order valence-corrected chi connectivity index (χ0v) is 18.0. The van der Waals surface area contributed by atoms with Gasteiger partial charge in [0.1, 0.15) is 17.3 Å². The highest BCUT2D eigenvalue weighted by Crippen LogP contribution is 2.27. The van der Waals surface area contributed by atoms with Gasteiger partial charge in [0.25, 0.3) is 5.91 Å². The number of nitrogens with one attached hydrogen (secondary N) is 1. The van der Waals surface area contributed by atoms with Gasteiger partial charge in [-0.1, -0.05) is 41.9 Å². The van der Waals surface area contributed by atoms with E-state index in [-0.39, 0.29) is 5.57 Å². The lowest BCUT2D eigenvalue weighted by atomic mass is 10.1. The van der Waals surface area contributed by atoms with Crippen LogP contribution in [0.15, 0.2) is 66.4 Å². The average Bonchev–Trinajstić information content (AvgIpc) is 3.21. The predicted octanol–water partition coefficient (Wildman–Crippen LogP) is 4.64. The Morgan fingerprint density at radius 3 is 2.77 bits per heavy atom. The van der Waals surface area contributed by atoms with Crippen LogP contribution < -0.4 is 5.32 Å². The van der Waals surface area contributed by atoms with Crippen molar-refractivity contribution in [3.8, 4) is 23.0 Å². The number of nitriles is 1. The highest BCUT2D eigenvalue weighted by atomic mass is 35.5. The van der Waals surface area contributed by atoms with Gasteiger partial charge in [-0.3, -0.25) is 4.79 Å². The van der Waals surface area contributed by atoms with Crippen LogP contribution in [-0.2, 0) is 9.53 Å². The Labute approximate surface area is 186 Å². The molecule has 1 amide bonds. The van der Waals surface area contributed by atoms with E-state index >= 15 is 0 Å². The van der Waals surface area contributed by atoms with Gasteiger partial charge in [0.05, 0.1) is 5.69 Å². The molecule has 0 aliphatic heterocycles. The van der Waals surface area contributed by atoms with Crippen molar-refractivity contribution in [2.24, 2.45) is 0 Å². The van der Waals surface area contributed by atoms with Crippen LogP contribution in [0.2, 0.25) is 5.02 Å². The van der Waals surface area contributed by atoms with Crippen molar-refractivity contribution in [2.45, 2.75) is 13.3 Å². The normalized spacial score (nSPS) is 11.2. The van der Waals surface area contributed by atoms with E-state index in [1.165, 1.54) is 0 Å². The molecule has 158 valence electrons. The van der Waals surface area contributed by atoms with Gasteiger partial charge in [-0.2, -0.15) is 10.4 Å². The molecule has 1 heterocycles. The molecule has 0 atom stereocenters. The number of rotatable bonds is 9. The lowest BCUT2D eigenvalue weighted by Crippen LogP contribution is -2.26. The smallest absolute Gasteiger partial charge is 0.261 e. The molecule has 31 heavy (non-hydrogen) atoms. The van der Waals surface area contributed by atoms with Crippen LogP contribution >= 0.6 is 11.6 Å². The predicted molar refractivity (Wildman–Crippen MR) is 122 cm³/mol. The molecule has 3 rings (SSSR count). The molecular weight excluding hydrogens is 412 g/mol. The standard InChI is InChI=1S/C24H23ClN4O2/c1-2-31-13-7-12-27-24(30)19(16-26)14-20-17-29(22-10-4-3-5-11-22)28-23(20)18-8-6-9-21(25)15-18/h3-6,8-11,14-15,17H,2,7,12-13H2,1H3,(H,27,30)/b19-14+. The minimum atomic E-state index is -0.427. The van der Waals surface area contributed by atoms with Gasteiger partial charge >= 0.3 is 0 Å². The van der Waals surface area contributed by atoms with Gasteiger partial charge in [-0.05, 0) is 43.7 Å². The van der Waals surface area contributed by atoms with Crippen molar-refractivity contribution >= 4 is 23.6 Å². The van der Waals surface area contributed by atoms with Crippen molar-refractivity contribution in [2.75, 3.05) is 19.8 Å². The second kappa shape index (κ2) is 11.1. The van der Waals surface area contributed by atoms with Crippen molar-refractivity contribution in [3.05, 3.63) is 77.0 Å². The van der Waals surface area contributed by atoms with E-state index in [9.17, 15) is 10.1 Å². The first-order valence-electron chi connectivity index (χ1n) is 10.0. The van der Waals surface area contributed by atoms with Crippen molar-refractivity contribution in [1.29, 1.82) is 5.26 Å². The Hall–Kier alpha value is -3.40. The number of carbonyl (C=O) groups excluding carboxylic acids is 1. The number of benzene rings is 2. The van der Waals surface area contributed by atoms with Crippen LogP contribution in [-0.4, -0.2) is 35.4 Å². The first-order chi connectivity index (χ1) is 15.1. The molecule has 0 saturated heterocycles. The van der Waals surface area contributed by atoms with E-state index in [0.29, 0.717) is 42.5 Å². The van der Waals surface area contributed by atoms with Crippen LogP contribution in [0.3, 0.4) is 0 Å². The quantitative estimate of drug-likeness (QED) is 0.302. The topological polar surface area (TPSA) is 79.9 Å². The maximum Gasteiger partial charge on any atom is 0.261 e. The van der Waals surface area contributed by atoms with E-state index in [1.54, 1.807) is 29.1 Å². The van der Waals surface area contributed by atoms with E-state index in [1.807, 2.05) is 55.5 Å². The van der Waals surface area contributed by atoms with Crippen molar-refractivity contribution < 1.29 is 9.53 Å². The Morgan fingerprint density at radius 2 is 2.06 bits per heavy atom. The lowest BCUT2D eigenvalue weighted by molar-refractivity contribution is -0.117. The maximum atomic E-state index is 12.5. The lowest BCUT2D eigenvalue weighted by Gasteiger charge is -2.05. The maximum absolute atomic E-state index is 12.5. The summed E-state index contributed by atoms with van der Waals surface area (Å²) in [6.45, 7) is 3.55. The van der Waals surface area contributed by atoms with E-state index in [4.69, 9.17) is 21.4 Å². The Bertz CT molecular complexity index is 1100. The third kappa shape index (κ3) is 6.05. The SMILES string of the molecule is CCOCCCNC(=O)/C(C#N)=C/c1cn(-c2ccccc2)nc1-c1cccc(Cl)c1. The molecule has 0 fully saturated rings. The van der Waals surface area contributed by atoms with Gasteiger partial charge in [-0.25, -0.2) is 4.68 Å². The fraction of sp³-hybridized carbons (Fsp3) is 0.208. The largest absolute Gasteiger partial charge is 0.382 e. The first kappa shape index (κ1) is 22.3. The highest BCUT2D eigenvalue weighted by Gasteiger charge is 2.15. The molecule has 0 unspecified atom stereocenters. The summed E-state index contributed by atoms with van der Waals surface area (Å²) in [6, 6.07) is 18.9. The number of carbonyl (C=O) groups is 1. The number of para-hydroxylation sites is 1.